The van der Waals surface area contributed by atoms with Crippen molar-refractivity contribution < 1.29 is 28.8 Å². The van der Waals surface area contributed by atoms with E-state index in [2.05, 4.69) is 31.2 Å². The minimum atomic E-state index is -0.978. The molecule has 1 aliphatic heterocycles. The summed E-state index contributed by atoms with van der Waals surface area (Å²) in [5.41, 5.74) is 0.0957. The van der Waals surface area contributed by atoms with Gasteiger partial charge in [-0.3, -0.25) is 33.8 Å². The normalized spacial score (nSPS) is 20.5. The molecular formula is C32H47N7O6. The van der Waals surface area contributed by atoms with Crippen molar-refractivity contribution in [2.75, 3.05) is 6.54 Å². The Morgan fingerprint density at radius 1 is 0.911 bits per heavy atom. The summed E-state index contributed by atoms with van der Waals surface area (Å²) in [7, 11) is 0. The lowest BCUT2D eigenvalue weighted by molar-refractivity contribution is -0.144. The molecule has 0 bridgehead atoms. The average molecular weight is 626 g/mol. The van der Waals surface area contributed by atoms with E-state index in [0.29, 0.717) is 32.2 Å². The maximum Gasteiger partial charge on any atom is 0.289 e. The summed E-state index contributed by atoms with van der Waals surface area (Å²) in [4.78, 5) is 89.0. The molecule has 1 saturated heterocycles. The molecular weight excluding hydrogens is 578 g/mol. The Balaban J connectivity index is 1.45. The molecule has 0 radical (unpaired) electrons. The molecule has 0 aromatic carbocycles. The van der Waals surface area contributed by atoms with Gasteiger partial charge in [-0.1, -0.05) is 46.5 Å². The zero-order valence-corrected chi connectivity index (χ0v) is 26.5. The van der Waals surface area contributed by atoms with E-state index < -0.39 is 59.5 Å². The van der Waals surface area contributed by atoms with Gasteiger partial charge >= 0.3 is 0 Å². The number of carbonyl (C=O) groups is 6. The largest absolute Gasteiger partial charge is 0.347 e. The molecule has 2 aliphatic carbocycles. The third-order valence-electron chi connectivity index (χ3n) is 8.90. The molecule has 0 unspecified atom stereocenters. The second kappa shape index (κ2) is 15.9. The fourth-order valence-corrected chi connectivity index (χ4v) is 6.20. The summed E-state index contributed by atoms with van der Waals surface area (Å²) in [6, 6.07) is -3.60. The summed E-state index contributed by atoms with van der Waals surface area (Å²) < 4.78 is 0. The molecule has 2 saturated carbocycles. The van der Waals surface area contributed by atoms with Crippen molar-refractivity contribution in [1.29, 1.82) is 0 Å². The van der Waals surface area contributed by atoms with Crippen molar-refractivity contribution in [3.05, 3.63) is 24.3 Å². The Morgan fingerprint density at radius 2 is 1.64 bits per heavy atom. The van der Waals surface area contributed by atoms with Crippen LogP contribution in [-0.2, 0) is 24.0 Å². The fourth-order valence-electron chi connectivity index (χ4n) is 6.20. The maximum atomic E-state index is 14.0. The Labute approximate surface area is 264 Å². The SMILES string of the molecule is CCC[C@H](NC(=O)[C@@H]1CCCN1C(=O)[C@@H](NC(=O)[C@@H](NC(=O)c1cnccn1)C1CCCCC1)C(C)C)C(=O)C(=O)NC1CC1. The summed E-state index contributed by atoms with van der Waals surface area (Å²) in [5.74, 6) is -3.65. The van der Waals surface area contributed by atoms with Crippen molar-refractivity contribution >= 4 is 35.3 Å². The van der Waals surface area contributed by atoms with E-state index in [4.69, 9.17) is 0 Å². The van der Waals surface area contributed by atoms with Crippen LogP contribution < -0.4 is 21.3 Å². The number of ketones is 1. The van der Waals surface area contributed by atoms with Gasteiger partial charge in [0, 0.05) is 25.0 Å². The predicted octanol–water partition coefficient (Wildman–Crippen LogP) is 1.42. The quantitative estimate of drug-likeness (QED) is 0.224. The molecule has 3 aliphatic rings. The molecule has 3 fully saturated rings. The van der Waals surface area contributed by atoms with E-state index in [9.17, 15) is 28.8 Å². The van der Waals surface area contributed by atoms with Gasteiger partial charge < -0.3 is 26.2 Å². The van der Waals surface area contributed by atoms with Crippen LogP contribution in [-0.4, -0.2) is 86.9 Å². The van der Waals surface area contributed by atoms with Gasteiger partial charge in [0.2, 0.25) is 23.5 Å². The Kier molecular flexibility index (Phi) is 12.0. The average Bonchev–Trinajstić information content (AvgIpc) is 3.72. The van der Waals surface area contributed by atoms with E-state index in [-0.39, 0.29) is 23.6 Å². The van der Waals surface area contributed by atoms with Gasteiger partial charge in [-0.05, 0) is 56.8 Å². The number of carbonyl (C=O) groups excluding carboxylic acids is 6. The molecule has 4 N–H and O–H groups in total. The van der Waals surface area contributed by atoms with Gasteiger partial charge in [-0.25, -0.2) is 4.98 Å². The lowest BCUT2D eigenvalue weighted by atomic mass is 9.83. The van der Waals surface area contributed by atoms with E-state index in [0.717, 1.165) is 44.9 Å². The highest BCUT2D eigenvalue weighted by Gasteiger charge is 2.42. The standard InChI is InChI=1S/C32H47N7O6/c1-4-9-22(27(40)31(44)35-21-13-14-21)36-29(42)24-12-8-17-39(24)32(45)25(19(2)3)37-30(43)26(20-10-6-5-7-11-20)38-28(41)23-18-33-15-16-34-23/h15-16,18-22,24-26H,4-14,17H2,1-3H3,(H,35,44)(H,36,42)(H,37,43)(H,38,41)/t22-,24-,25-,26-/m0/s1. The van der Waals surface area contributed by atoms with Crippen molar-refractivity contribution in [3.63, 3.8) is 0 Å². The van der Waals surface area contributed by atoms with Gasteiger partial charge in [-0.2, -0.15) is 0 Å². The lowest BCUT2D eigenvalue weighted by Crippen LogP contribution is -2.60. The second-order valence-electron chi connectivity index (χ2n) is 12.8. The van der Waals surface area contributed by atoms with Crippen LogP contribution in [0.5, 0.6) is 0 Å². The van der Waals surface area contributed by atoms with Crippen LogP contribution in [0.1, 0.15) is 102 Å². The molecule has 2 heterocycles. The van der Waals surface area contributed by atoms with Gasteiger partial charge in [0.25, 0.3) is 11.8 Å². The topological polar surface area (TPSA) is 180 Å². The van der Waals surface area contributed by atoms with Crippen molar-refractivity contribution in [2.24, 2.45) is 11.8 Å². The number of hydrogen-bond acceptors (Lipinski definition) is 8. The summed E-state index contributed by atoms with van der Waals surface area (Å²) in [6.07, 6.45) is 12.2. The Morgan fingerprint density at radius 3 is 2.27 bits per heavy atom. The highest BCUT2D eigenvalue weighted by molar-refractivity contribution is 6.38. The zero-order valence-electron chi connectivity index (χ0n) is 26.5. The highest BCUT2D eigenvalue weighted by Crippen LogP contribution is 2.28. The number of likely N-dealkylation sites (tertiary alicyclic amines) is 1. The number of aromatic nitrogens is 2. The Hall–Kier alpha value is -3.90. The van der Waals surface area contributed by atoms with E-state index in [1.54, 1.807) is 0 Å². The minimum absolute atomic E-state index is 0.0172. The first-order valence-electron chi connectivity index (χ1n) is 16.4. The number of nitrogens with zero attached hydrogens (tertiary/aromatic N) is 3. The van der Waals surface area contributed by atoms with Gasteiger partial charge in [-0.15, -0.1) is 0 Å². The molecule has 4 atom stereocenters. The van der Waals surface area contributed by atoms with Crippen LogP contribution >= 0.6 is 0 Å². The molecule has 13 nitrogen and oxygen atoms in total. The lowest BCUT2D eigenvalue weighted by Gasteiger charge is -2.34. The van der Waals surface area contributed by atoms with E-state index >= 15 is 0 Å². The predicted molar refractivity (Wildman–Crippen MR) is 164 cm³/mol. The van der Waals surface area contributed by atoms with Crippen LogP contribution in [0.25, 0.3) is 0 Å². The van der Waals surface area contributed by atoms with Crippen LogP contribution in [0.4, 0.5) is 0 Å². The molecule has 13 heteroatoms. The summed E-state index contributed by atoms with van der Waals surface area (Å²) in [5, 5.41) is 11.2. The van der Waals surface area contributed by atoms with Gasteiger partial charge in [0.05, 0.1) is 12.2 Å². The monoisotopic (exact) mass is 625 g/mol. The molecule has 1 aromatic heterocycles. The molecule has 1 aromatic rings. The Bertz CT molecular complexity index is 1230. The molecule has 4 rings (SSSR count). The molecule has 5 amide bonds. The number of Topliss-reactive ketones (excluding diaryl/α,β-unsaturated/α-hetero) is 1. The fraction of sp³-hybridized carbons (Fsp3) is 0.688. The summed E-state index contributed by atoms with van der Waals surface area (Å²) in [6.45, 7) is 5.81. The van der Waals surface area contributed by atoms with Crippen LogP contribution in [0.3, 0.4) is 0 Å². The number of amides is 5. The zero-order chi connectivity index (χ0) is 32.5. The van der Waals surface area contributed by atoms with Crippen LogP contribution in [0, 0.1) is 11.8 Å². The molecule has 45 heavy (non-hydrogen) atoms. The van der Waals surface area contributed by atoms with Crippen LogP contribution in [0.2, 0.25) is 0 Å². The van der Waals surface area contributed by atoms with Gasteiger partial charge in [0.1, 0.15) is 23.8 Å². The smallest absolute Gasteiger partial charge is 0.289 e. The molecule has 246 valence electrons. The summed E-state index contributed by atoms with van der Waals surface area (Å²) >= 11 is 0. The van der Waals surface area contributed by atoms with Crippen LogP contribution in [0.15, 0.2) is 18.6 Å². The second-order valence-corrected chi connectivity index (χ2v) is 12.8. The number of hydrogen-bond donors (Lipinski definition) is 4. The first-order valence-corrected chi connectivity index (χ1v) is 16.4. The minimum Gasteiger partial charge on any atom is -0.347 e. The van der Waals surface area contributed by atoms with Gasteiger partial charge in [0.15, 0.2) is 0 Å². The first-order chi connectivity index (χ1) is 21.6. The first kappa shape index (κ1) is 34.0. The third kappa shape index (κ3) is 9.07. The third-order valence-corrected chi connectivity index (χ3v) is 8.90. The van der Waals surface area contributed by atoms with E-state index in [1.165, 1.54) is 23.5 Å². The highest BCUT2D eigenvalue weighted by atomic mass is 16.2. The van der Waals surface area contributed by atoms with Crippen molar-refractivity contribution in [1.82, 2.24) is 36.1 Å². The van der Waals surface area contributed by atoms with Crippen molar-refractivity contribution in [2.45, 2.75) is 122 Å². The maximum absolute atomic E-state index is 14.0. The van der Waals surface area contributed by atoms with E-state index in [1.807, 2.05) is 20.8 Å². The van der Waals surface area contributed by atoms with Crippen molar-refractivity contribution in [3.8, 4) is 0 Å². The number of nitrogens with one attached hydrogen (secondary N) is 4. The number of rotatable bonds is 14. The molecule has 0 spiro atoms.